The Labute approximate surface area is 163 Å². The Hall–Kier alpha value is -2.74. The van der Waals surface area contributed by atoms with Gasteiger partial charge < -0.3 is 14.7 Å². The van der Waals surface area contributed by atoms with Crippen LogP contribution in [0.5, 0.6) is 0 Å². The Morgan fingerprint density at radius 1 is 1.07 bits per heavy atom. The third-order valence-corrected chi connectivity index (χ3v) is 5.48. The molecule has 0 saturated carbocycles. The predicted molar refractivity (Wildman–Crippen MR) is 101 cm³/mol. The molecule has 1 fully saturated rings. The first-order valence-electron chi connectivity index (χ1n) is 9.68. The van der Waals surface area contributed by atoms with Crippen LogP contribution in [0.3, 0.4) is 0 Å². The molecule has 8 heteroatoms. The highest BCUT2D eigenvalue weighted by molar-refractivity contribution is 5.98. The zero-order chi connectivity index (χ0) is 19.7. The lowest BCUT2D eigenvalue weighted by Gasteiger charge is -2.33. The van der Waals surface area contributed by atoms with Crippen LogP contribution in [0.25, 0.3) is 0 Å². The SMILES string of the molecule is CCN1CCN(C(=O)c2cc3n(n2)CCN(Cc2ccc(F)cc2)C3=O)CC1. The summed E-state index contributed by atoms with van der Waals surface area (Å²) in [4.78, 5) is 31.5. The van der Waals surface area contributed by atoms with Gasteiger partial charge in [0, 0.05) is 45.3 Å². The second-order valence-electron chi connectivity index (χ2n) is 7.22. The minimum Gasteiger partial charge on any atom is -0.335 e. The van der Waals surface area contributed by atoms with E-state index in [-0.39, 0.29) is 17.6 Å². The normalized spacial score (nSPS) is 17.7. The van der Waals surface area contributed by atoms with E-state index in [1.54, 1.807) is 32.7 Å². The number of nitrogens with zero attached hydrogens (tertiary/aromatic N) is 5. The molecule has 0 radical (unpaired) electrons. The molecule has 2 aliphatic heterocycles. The van der Waals surface area contributed by atoms with Crippen LogP contribution >= 0.6 is 0 Å². The van der Waals surface area contributed by atoms with Gasteiger partial charge in [-0.25, -0.2) is 4.39 Å². The molecule has 1 saturated heterocycles. The van der Waals surface area contributed by atoms with Crippen molar-refractivity contribution >= 4 is 11.8 Å². The van der Waals surface area contributed by atoms with Crippen LogP contribution in [-0.4, -0.2) is 75.6 Å². The predicted octanol–water partition coefficient (Wildman–Crippen LogP) is 1.46. The van der Waals surface area contributed by atoms with Crippen molar-refractivity contribution in [1.82, 2.24) is 24.5 Å². The summed E-state index contributed by atoms with van der Waals surface area (Å²) in [5, 5.41) is 4.38. The second kappa shape index (κ2) is 7.71. The molecule has 2 aliphatic rings. The molecule has 148 valence electrons. The number of amides is 2. The third kappa shape index (κ3) is 3.64. The van der Waals surface area contributed by atoms with E-state index in [1.807, 2.05) is 0 Å². The number of carbonyl (C=O) groups is 2. The first kappa shape index (κ1) is 18.6. The van der Waals surface area contributed by atoms with Crippen LogP contribution in [0.15, 0.2) is 30.3 Å². The molecule has 0 spiro atoms. The number of hydrogen-bond donors (Lipinski definition) is 0. The van der Waals surface area contributed by atoms with E-state index in [0.717, 1.165) is 25.2 Å². The average molecular weight is 385 g/mol. The Morgan fingerprint density at radius 3 is 2.46 bits per heavy atom. The molecular formula is C20H24FN5O2. The fourth-order valence-corrected chi connectivity index (χ4v) is 3.73. The van der Waals surface area contributed by atoms with Crippen LogP contribution in [0, 0.1) is 5.82 Å². The summed E-state index contributed by atoms with van der Waals surface area (Å²) in [7, 11) is 0. The maximum atomic E-state index is 13.1. The third-order valence-electron chi connectivity index (χ3n) is 5.48. The topological polar surface area (TPSA) is 61.7 Å². The Morgan fingerprint density at radius 2 is 1.79 bits per heavy atom. The summed E-state index contributed by atoms with van der Waals surface area (Å²) in [5.74, 6) is -0.566. The van der Waals surface area contributed by atoms with E-state index in [2.05, 4.69) is 16.9 Å². The van der Waals surface area contributed by atoms with Crippen molar-refractivity contribution in [3.05, 3.63) is 53.1 Å². The van der Waals surface area contributed by atoms with Gasteiger partial charge in [0.25, 0.3) is 11.8 Å². The summed E-state index contributed by atoms with van der Waals surface area (Å²) in [6.07, 6.45) is 0. The molecular weight excluding hydrogens is 361 g/mol. The van der Waals surface area contributed by atoms with E-state index < -0.39 is 0 Å². The maximum Gasteiger partial charge on any atom is 0.274 e. The minimum atomic E-state index is -0.297. The Kier molecular flexibility index (Phi) is 5.13. The minimum absolute atomic E-state index is 0.115. The molecule has 0 unspecified atom stereocenters. The van der Waals surface area contributed by atoms with Gasteiger partial charge in [-0.1, -0.05) is 19.1 Å². The molecule has 1 aromatic carbocycles. The number of rotatable bonds is 4. The fraction of sp³-hybridized carbons (Fsp3) is 0.450. The highest BCUT2D eigenvalue weighted by Gasteiger charge is 2.30. The van der Waals surface area contributed by atoms with Gasteiger partial charge in [-0.3, -0.25) is 14.3 Å². The largest absolute Gasteiger partial charge is 0.335 e. The van der Waals surface area contributed by atoms with E-state index in [4.69, 9.17) is 0 Å². The standard InChI is InChI=1S/C20H24FN5O2/c1-2-23-7-9-24(10-8-23)19(27)17-13-18-20(28)25(11-12-26(18)22-17)14-15-3-5-16(21)6-4-15/h3-6,13H,2,7-12,14H2,1H3. The van der Waals surface area contributed by atoms with Gasteiger partial charge in [-0.15, -0.1) is 0 Å². The van der Waals surface area contributed by atoms with Crippen molar-refractivity contribution in [2.24, 2.45) is 0 Å². The van der Waals surface area contributed by atoms with E-state index >= 15 is 0 Å². The number of carbonyl (C=O) groups excluding carboxylic acids is 2. The number of hydrogen-bond acceptors (Lipinski definition) is 4. The van der Waals surface area contributed by atoms with Crippen LogP contribution < -0.4 is 0 Å². The number of halogens is 1. The van der Waals surface area contributed by atoms with Crippen LogP contribution in [0.4, 0.5) is 4.39 Å². The van der Waals surface area contributed by atoms with Crippen LogP contribution in [0.2, 0.25) is 0 Å². The number of benzene rings is 1. The molecule has 0 bridgehead atoms. The van der Waals surface area contributed by atoms with Gasteiger partial charge in [0.05, 0.1) is 6.54 Å². The molecule has 28 heavy (non-hydrogen) atoms. The number of fused-ring (bicyclic) bond motifs is 1. The van der Waals surface area contributed by atoms with Crippen molar-refractivity contribution in [3.8, 4) is 0 Å². The molecule has 0 aliphatic carbocycles. The maximum absolute atomic E-state index is 13.1. The highest BCUT2D eigenvalue weighted by Crippen LogP contribution is 2.18. The van der Waals surface area contributed by atoms with Gasteiger partial charge in [-0.2, -0.15) is 5.10 Å². The monoisotopic (exact) mass is 385 g/mol. The van der Waals surface area contributed by atoms with E-state index in [0.29, 0.717) is 44.1 Å². The average Bonchev–Trinajstić information content (AvgIpc) is 3.16. The molecule has 2 amide bonds. The first-order valence-corrected chi connectivity index (χ1v) is 9.68. The van der Waals surface area contributed by atoms with Gasteiger partial charge in [0.2, 0.25) is 0 Å². The highest BCUT2D eigenvalue weighted by atomic mass is 19.1. The molecule has 7 nitrogen and oxygen atoms in total. The lowest BCUT2D eigenvalue weighted by molar-refractivity contribution is 0.0633. The molecule has 0 atom stereocenters. The summed E-state index contributed by atoms with van der Waals surface area (Å²) in [5.41, 5.74) is 1.63. The van der Waals surface area contributed by atoms with Crippen molar-refractivity contribution < 1.29 is 14.0 Å². The summed E-state index contributed by atoms with van der Waals surface area (Å²) >= 11 is 0. The summed E-state index contributed by atoms with van der Waals surface area (Å²) in [6, 6.07) is 7.75. The van der Waals surface area contributed by atoms with Gasteiger partial charge in [0.1, 0.15) is 11.5 Å². The van der Waals surface area contributed by atoms with Crippen molar-refractivity contribution in [3.63, 3.8) is 0 Å². The van der Waals surface area contributed by atoms with Gasteiger partial charge in [0.15, 0.2) is 5.69 Å². The number of likely N-dealkylation sites (N-methyl/N-ethyl adjacent to an activating group) is 1. The smallest absolute Gasteiger partial charge is 0.274 e. The second-order valence-corrected chi connectivity index (χ2v) is 7.22. The lowest BCUT2D eigenvalue weighted by Crippen LogP contribution is -2.48. The molecule has 3 heterocycles. The van der Waals surface area contributed by atoms with Crippen LogP contribution in [0.1, 0.15) is 33.5 Å². The Balaban J connectivity index is 1.46. The van der Waals surface area contributed by atoms with Gasteiger partial charge in [-0.05, 0) is 24.2 Å². The number of piperazine rings is 1. The van der Waals surface area contributed by atoms with Gasteiger partial charge >= 0.3 is 0 Å². The van der Waals surface area contributed by atoms with Crippen molar-refractivity contribution in [2.75, 3.05) is 39.3 Å². The summed E-state index contributed by atoms with van der Waals surface area (Å²) < 4.78 is 14.7. The van der Waals surface area contributed by atoms with Crippen molar-refractivity contribution in [2.45, 2.75) is 20.0 Å². The van der Waals surface area contributed by atoms with E-state index in [9.17, 15) is 14.0 Å². The zero-order valence-corrected chi connectivity index (χ0v) is 16.0. The first-order chi connectivity index (χ1) is 13.5. The molecule has 0 N–H and O–H groups in total. The molecule has 2 aromatic rings. The fourth-order valence-electron chi connectivity index (χ4n) is 3.73. The molecule has 1 aromatic heterocycles. The number of aromatic nitrogens is 2. The lowest BCUT2D eigenvalue weighted by atomic mass is 10.2. The quantitative estimate of drug-likeness (QED) is 0.799. The van der Waals surface area contributed by atoms with E-state index in [1.165, 1.54) is 12.1 Å². The van der Waals surface area contributed by atoms with Crippen molar-refractivity contribution in [1.29, 1.82) is 0 Å². The van der Waals surface area contributed by atoms with Crippen LogP contribution in [-0.2, 0) is 13.1 Å². The summed E-state index contributed by atoms with van der Waals surface area (Å²) in [6.45, 7) is 7.64. The molecule has 4 rings (SSSR count). The Bertz CT molecular complexity index is 871. The zero-order valence-electron chi connectivity index (χ0n) is 16.0.